The van der Waals surface area contributed by atoms with E-state index in [0.717, 1.165) is 29.8 Å². The second-order valence-corrected chi connectivity index (χ2v) is 16.9. The molecule has 0 aliphatic rings. The van der Waals surface area contributed by atoms with Crippen LogP contribution in [0, 0.1) is 10.1 Å². The molecule has 0 saturated carbocycles. The molecule has 0 heterocycles. The first-order valence-corrected chi connectivity index (χ1v) is 16.6. The van der Waals surface area contributed by atoms with Crippen LogP contribution in [0.5, 0.6) is 0 Å². The normalized spacial score (nSPS) is 14.1. The summed E-state index contributed by atoms with van der Waals surface area (Å²) in [6.45, 7) is 14.0. The number of hydrogen-bond donors (Lipinski definition) is 2. The van der Waals surface area contributed by atoms with Crippen molar-refractivity contribution in [3.05, 3.63) is 89.0 Å². The molecule has 0 aromatic heterocycles. The number of carbonyl (C=O) groups excluding carboxylic acids is 1. The molecule has 0 bridgehead atoms. The predicted molar refractivity (Wildman–Crippen MR) is 153 cm³/mol. The fraction of sp³-hybridized carbons (Fsp3) is 0.370. The van der Waals surface area contributed by atoms with Gasteiger partial charge in [-0.25, -0.2) is 13.1 Å². The Morgan fingerprint density at radius 2 is 1.74 bits per heavy atom. The lowest BCUT2D eigenvalue weighted by Gasteiger charge is -2.40. The maximum atomic E-state index is 12.9. The van der Waals surface area contributed by atoms with Crippen LogP contribution in [0.25, 0.3) is 6.08 Å². The van der Waals surface area contributed by atoms with E-state index in [4.69, 9.17) is 4.43 Å². The molecule has 2 rings (SSSR count). The Morgan fingerprint density at radius 1 is 1.13 bits per heavy atom. The Labute approximate surface area is 226 Å². The van der Waals surface area contributed by atoms with Gasteiger partial charge in [0.25, 0.3) is 5.69 Å². The summed E-state index contributed by atoms with van der Waals surface area (Å²) in [6.07, 6.45) is 5.47. The minimum Gasteiger partial charge on any atom is -0.408 e. The van der Waals surface area contributed by atoms with E-state index in [0.29, 0.717) is 6.42 Å². The number of nitrogens with one attached hydrogen (secondary N) is 2. The molecule has 2 aromatic carbocycles. The number of carbonyl (C=O) groups is 1. The van der Waals surface area contributed by atoms with Gasteiger partial charge in [-0.05, 0) is 42.2 Å². The van der Waals surface area contributed by atoms with Gasteiger partial charge in [0, 0.05) is 12.1 Å². The molecule has 206 valence electrons. The molecule has 2 aromatic rings. The second kappa shape index (κ2) is 13.1. The van der Waals surface area contributed by atoms with Crippen LogP contribution in [-0.2, 0) is 19.2 Å². The van der Waals surface area contributed by atoms with Crippen LogP contribution in [0.15, 0.2) is 78.2 Å². The molecular formula is C27H37N3O6SSi. The van der Waals surface area contributed by atoms with Gasteiger partial charge in [-0.2, -0.15) is 0 Å². The van der Waals surface area contributed by atoms with Crippen LogP contribution in [0.3, 0.4) is 0 Å². The van der Waals surface area contributed by atoms with Gasteiger partial charge in [0.15, 0.2) is 8.32 Å². The number of sulfonamides is 1. The van der Waals surface area contributed by atoms with Crippen LogP contribution < -0.4 is 10.0 Å². The van der Waals surface area contributed by atoms with Gasteiger partial charge in [0.1, 0.15) is 0 Å². The minimum absolute atomic E-state index is 0.0744. The fourth-order valence-corrected chi connectivity index (χ4v) is 5.51. The number of rotatable bonds is 13. The Kier molecular flexibility index (Phi) is 10.7. The summed E-state index contributed by atoms with van der Waals surface area (Å²) in [5.41, 5.74) is 0.751. The van der Waals surface area contributed by atoms with E-state index in [-0.39, 0.29) is 15.6 Å². The summed E-state index contributed by atoms with van der Waals surface area (Å²) in [5, 5.41) is 13.6. The highest BCUT2D eigenvalue weighted by atomic mass is 32.2. The van der Waals surface area contributed by atoms with E-state index in [1.165, 1.54) is 0 Å². The van der Waals surface area contributed by atoms with Gasteiger partial charge in [0.2, 0.25) is 15.9 Å². The van der Waals surface area contributed by atoms with E-state index in [9.17, 15) is 23.3 Å². The van der Waals surface area contributed by atoms with E-state index >= 15 is 0 Å². The number of nitro groups is 1. The molecule has 1 amide bonds. The third-order valence-corrected chi connectivity index (χ3v) is 12.3. The molecule has 0 fully saturated rings. The van der Waals surface area contributed by atoms with Gasteiger partial charge in [-0.15, -0.1) is 6.58 Å². The van der Waals surface area contributed by atoms with E-state index in [2.05, 4.69) is 50.5 Å². The SMILES string of the molecule is C=CC[C@@H](NC(=O)CNS(=O)(=O)c1ccc([N+](=O)[O-])cc1)[C@@H](/C=C/c1ccccc1)O[Si](C)(C)C(C)(C)C. The van der Waals surface area contributed by atoms with E-state index in [1.54, 1.807) is 6.08 Å². The molecule has 0 aliphatic heterocycles. The minimum atomic E-state index is -4.05. The molecule has 0 unspecified atom stereocenters. The molecule has 0 aliphatic carbocycles. The quantitative estimate of drug-likeness (QED) is 0.153. The lowest BCUT2D eigenvalue weighted by atomic mass is 10.1. The van der Waals surface area contributed by atoms with Crippen LogP contribution in [0.2, 0.25) is 18.1 Å². The zero-order chi connectivity index (χ0) is 28.6. The van der Waals surface area contributed by atoms with E-state index in [1.807, 2.05) is 42.5 Å². The lowest BCUT2D eigenvalue weighted by Crippen LogP contribution is -2.52. The zero-order valence-corrected chi connectivity index (χ0v) is 24.3. The average molecular weight is 560 g/mol. The van der Waals surface area contributed by atoms with Crippen molar-refractivity contribution >= 4 is 36.0 Å². The van der Waals surface area contributed by atoms with Crippen molar-refractivity contribution in [2.45, 2.75) is 62.4 Å². The van der Waals surface area contributed by atoms with Crippen molar-refractivity contribution < 1.29 is 22.6 Å². The van der Waals surface area contributed by atoms with Crippen LogP contribution >= 0.6 is 0 Å². The summed E-state index contributed by atoms with van der Waals surface area (Å²) in [7, 11) is -6.30. The molecule has 0 radical (unpaired) electrons. The van der Waals surface area contributed by atoms with Crippen molar-refractivity contribution in [3.8, 4) is 0 Å². The molecular weight excluding hydrogens is 522 g/mol. The standard InChI is InChI=1S/C27H37N3O6SSi/c1-7-11-24(25(36-38(5,6)27(2,3)4)19-14-21-12-9-8-10-13-21)29-26(31)20-28-37(34,35)23-17-15-22(16-18-23)30(32)33/h7-10,12-19,24-25,28H,1,11,20H2,2-6H3,(H,29,31)/b19-14+/t24-,25-/m1/s1. The molecule has 2 atom stereocenters. The Morgan fingerprint density at radius 3 is 2.26 bits per heavy atom. The summed E-state index contributed by atoms with van der Waals surface area (Å²) in [6, 6.07) is 13.7. The van der Waals surface area contributed by atoms with Crippen molar-refractivity contribution in [2.24, 2.45) is 0 Å². The van der Waals surface area contributed by atoms with Crippen molar-refractivity contribution in [1.29, 1.82) is 0 Å². The number of non-ortho nitro benzene ring substituents is 1. The van der Waals surface area contributed by atoms with Crippen molar-refractivity contribution in [2.75, 3.05) is 6.54 Å². The number of nitrogens with zero attached hydrogens (tertiary/aromatic N) is 1. The number of nitro benzene ring substituents is 1. The third-order valence-electron chi connectivity index (χ3n) is 6.46. The molecule has 0 saturated heterocycles. The van der Waals surface area contributed by atoms with Gasteiger partial charge >= 0.3 is 0 Å². The van der Waals surface area contributed by atoms with Crippen LogP contribution in [-0.4, -0.2) is 46.3 Å². The van der Waals surface area contributed by atoms with Crippen LogP contribution in [0.1, 0.15) is 32.8 Å². The highest BCUT2D eigenvalue weighted by molar-refractivity contribution is 7.89. The lowest BCUT2D eigenvalue weighted by molar-refractivity contribution is -0.384. The smallest absolute Gasteiger partial charge is 0.269 e. The van der Waals surface area contributed by atoms with Crippen molar-refractivity contribution in [1.82, 2.24) is 10.0 Å². The van der Waals surface area contributed by atoms with Gasteiger partial charge < -0.3 is 9.74 Å². The monoisotopic (exact) mass is 559 g/mol. The molecule has 9 nitrogen and oxygen atoms in total. The van der Waals surface area contributed by atoms with E-state index < -0.39 is 47.9 Å². The topological polar surface area (TPSA) is 128 Å². The van der Waals surface area contributed by atoms with Gasteiger partial charge in [0.05, 0.1) is 28.5 Å². The molecule has 11 heteroatoms. The fourth-order valence-electron chi connectivity index (χ4n) is 3.25. The Balaban J connectivity index is 2.21. The number of hydrogen-bond acceptors (Lipinski definition) is 6. The number of amides is 1. The maximum Gasteiger partial charge on any atom is 0.269 e. The first kappa shape index (κ1) is 31.1. The summed E-state index contributed by atoms with van der Waals surface area (Å²) in [4.78, 5) is 22.9. The highest BCUT2D eigenvalue weighted by Crippen LogP contribution is 2.38. The Hall–Kier alpha value is -3.12. The average Bonchev–Trinajstić information content (AvgIpc) is 2.85. The Bertz CT molecular complexity index is 1240. The number of benzene rings is 2. The van der Waals surface area contributed by atoms with Crippen LogP contribution in [0.4, 0.5) is 5.69 Å². The predicted octanol–water partition coefficient (Wildman–Crippen LogP) is 5.04. The molecule has 2 N–H and O–H groups in total. The van der Waals surface area contributed by atoms with Gasteiger partial charge in [-0.1, -0.05) is 69.3 Å². The largest absolute Gasteiger partial charge is 0.408 e. The summed E-state index contributed by atoms with van der Waals surface area (Å²) >= 11 is 0. The maximum absolute atomic E-state index is 12.9. The summed E-state index contributed by atoms with van der Waals surface area (Å²) in [5.74, 6) is -0.542. The van der Waals surface area contributed by atoms with Gasteiger partial charge in [-0.3, -0.25) is 14.9 Å². The first-order chi connectivity index (χ1) is 17.7. The first-order valence-electron chi connectivity index (χ1n) is 12.2. The summed E-state index contributed by atoms with van der Waals surface area (Å²) < 4.78 is 34.2. The second-order valence-electron chi connectivity index (χ2n) is 10.4. The van der Waals surface area contributed by atoms with Crippen molar-refractivity contribution in [3.63, 3.8) is 0 Å². The zero-order valence-electron chi connectivity index (χ0n) is 22.5. The molecule has 0 spiro atoms. The highest BCUT2D eigenvalue weighted by Gasteiger charge is 2.40. The molecule has 38 heavy (non-hydrogen) atoms. The third kappa shape index (κ3) is 9.01.